The molecule has 0 radical (unpaired) electrons. The third-order valence-corrected chi connectivity index (χ3v) is 3.96. The van der Waals surface area contributed by atoms with Gasteiger partial charge in [0.2, 0.25) is 5.91 Å². The Bertz CT molecular complexity index is 402. The van der Waals surface area contributed by atoms with E-state index in [0.717, 1.165) is 26.1 Å². The zero-order chi connectivity index (χ0) is 13.7. The van der Waals surface area contributed by atoms with Crippen LogP contribution in [-0.4, -0.2) is 25.5 Å². The van der Waals surface area contributed by atoms with Gasteiger partial charge < -0.3 is 10.6 Å². The lowest BCUT2D eigenvalue weighted by atomic mass is 9.88. The highest BCUT2D eigenvalue weighted by atomic mass is 35.5. The molecule has 1 aromatic carbocycles. The van der Waals surface area contributed by atoms with Gasteiger partial charge in [0, 0.05) is 19.0 Å². The van der Waals surface area contributed by atoms with Crippen LogP contribution in [0.3, 0.4) is 0 Å². The average Bonchev–Trinajstić information content (AvgIpc) is 2.93. The van der Waals surface area contributed by atoms with Gasteiger partial charge in [-0.15, -0.1) is 12.4 Å². The molecule has 1 amide bonds. The molecule has 0 spiro atoms. The Morgan fingerprint density at radius 2 is 2.05 bits per heavy atom. The predicted molar refractivity (Wildman–Crippen MR) is 85.3 cm³/mol. The lowest BCUT2D eigenvalue weighted by Crippen LogP contribution is -2.35. The maximum Gasteiger partial charge on any atom is 0.224 e. The summed E-state index contributed by atoms with van der Waals surface area (Å²) in [4.78, 5) is 12.1. The molecule has 0 bridgehead atoms. The van der Waals surface area contributed by atoms with Gasteiger partial charge in [-0.1, -0.05) is 44.2 Å². The summed E-state index contributed by atoms with van der Waals surface area (Å²) in [6, 6.07) is 10.5. The van der Waals surface area contributed by atoms with Crippen LogP contribution in [-0.2, 0) is 4.79 Å². The van der Waals surface area contributed by atoms with E-state index in [1.165, 1.54) is 5.56 Å². The number of carbonyl (C=O) groups is 1. The highest BCUT2D eigenvalue weighted by Gasteiger charge is 2.23. The second kappa shape index (κ2) is 8.28. The van der Waals surface area contributed by atoms with Gasteiger partial charge in [0.15, 0.2) is 0 Å². The van der Waals surface area contributed by atoms with E-state index in [-0.39, 0.29) is 24.2 Å². The van der Waals surface area contributed by atoms with E-state index in [2.05, 4.69) is 48.7 Å². The first-order valence-corrected chi connectivity index (χ1v) is 7.22. The summed E-state index contributed by atoms with van der Waals surface area (Å²) < 4.78 is 0. The quantitative estimate of drug-likeness (QED) is 0.877. The molecule has 1 aliphatic heterocycles. The molecule has 1 heterocycles. The second-order valence-electron chi connectivity index (χ2n) is 5.70. The molecule has 20 heavy (non-hydrogen) atoms. The van der Waals surface area contributed by atoms with Gasteiger partial charge >= 0.3 is 0 Å². The first kappa shape index (κ1) is 17.0. The minimum Gasteiger partial charge on any atom is -0.355 e. The van der Waals surface area contributed by atoms with Crippen molar-refractivity contribution in [2.75, 3.05) is 19.6 Å². The van der Waals surface area contributed by atoms with Crippen LogP contribution in [0.2, 0.25) is 0 Å². The van der Waals surface area contributed by atoms with Gasteiger partial charge in [-0.25, -0.2) is 0 Å². The number of amides is 1. The molecule has 1 saturated heterocycles. The van der Waals surface area contributed by atoms with E-state index in [4.69, 9.17) is 0 Å². The molecule has 3 nitrogen and oxygen atoms in total. The second-order valence-corrected chi connectivity index (χ2v) is 5.70. The molecule has 112 valence electrons. The Labute approximate surface area is 127 Å². The van der Waals surface area contributed by atoms with Gasteiger partial charge in [0.05, 0.1) is 5.92 Å². The van der Waals surface area contributed by atoms with E-state index in [1.807, 2.05) is 6.07 Å². The molecule has 1 fully saturated rings. The molecule has 2 atom stereocenters. The maximum atomic E-state index is 12.1. The van der Waals surface area contributed by atoms with Crippen LogP contribution in [0.15, 0.2) is 30.3 Å². The molecular weight excluding hydrogens is 272 g/mol. The number of hydrogen-bond acceptors (Lipinski definition) is 2. The van der Waals surface area contributed by atoms with Crippen LogP contribution in [0.4, 0.5) is 0 Å². The molecule has 2 N–H and O–H groups in total. The zero-order valence-corrected chi connectivity index (χ0v) is 13.1. The standard InChI is InChI=1S/C16H24N2O.ClH/c1-12(2)15(13-6-4-3-5-7-13)11-18-16(19)14-8-9-17-10-14;/h3-7,12,14-15,17H,8-11H2,1-2H3,(H,18,19);1H. The molecule has 0 aliphatic carbocycles. The summed E-state index contributed by atoms with van der Waals surface area (Å²) in [7, 11) is 0. The summed E-state index contributed by atoms with van der Waals surface area (Å²) in [5, 5.41) is 6.36. The van der Waals surface area contributed by atoms with Crippen molar-refractivity contribution < 1.29 is 4.79 Å². The minimum atomic E-state index is 0. The number of carbonyl (C=O) groups excluding carboxylic acids is 1. The van der Waals surface area contributed by atoms with Crippen LogP contribution in [0.25, 0.3) is 0 Å². The Morgan fingerprint density at radius 3 is 2.60 bits per heavy atom. The first-order chi connectivity index (χ1) is 9.18. The van der Waals surface area contributed by atoms with Crippen molar-refractivity contribution in [1.29, 1.82) is 0 Å². The highest BCUT2D eigenvalue weighted by molar-refractivity contribution is 5.85. The molecule has 2 unspecified atom stereocenters. The normalized spacial score (nSPS) is 19.4. The smallest absolute Gasteiger partial charge is 0.224 e. The van der Waals surface area contributed by atoms with E-state index in [1.54, 1.807) is 0 Å². The molecule has 0 aromatic heterocycles. The van der Waals surface area contributed by atoms with E-state index in [0.29, 0.717) is 11.8 Å². The van der Waals surface area contributed by atoms with Gasteiger partial charge in [0.25, 0.3) is 0 Å². The maximum absolute atomic E-state index is 12.1. The van der Waals surface area contributed by atoms with Crippen LogP contribution in [0, 0.1) is 11.8 Å². The fraction of sp³-hybridized carbons (Fsp3) is 0.562. The fourth-order valence-corrected chi connectivity index (χ4v) is 2.67. The van der Waals surface area contributed by atoms with E-state index in [9.17, 15) is 4.79 Å². The first-order valence-electron chi connectivity index (χ1n) is 7.22. The monoisotopic (exact) mass is 296 g/mol. The number of nitrogens with one attached hydrogen (secondary N) is 2. The summed E-state index contributed by atoms with van der Waals surface area (Å²) in [5.41, 5.74) is 1.31. The molecule has 4 heteroatoms. The van der Waals surface area contributed by atoms with Crippen molar-refractivity contribution in [3.8, 4) is 0 Å². The summed E-state index contributed by atoms with van der Waals surface area (Å²) in [6.45, 7) is 6.94. The molecular formula is C16H25ClN2O. The molecule has 1 aromatic rings. The number of rotatable bonds is 5. The lowest BCUT2D eigenvalue weighted by molar-refractivity contribution is -0.124. The molecule has 1 aliphatic rings. The van der Waals surface area contributed by atoms with Crippen molar-refractivity contribution >= 4 is 18.3 Å². The van der Waals surface area contributed by atoms with Crippen LogP contribution in [0.1, 0.15) is 31.7 Å². The third-order valence-electron chi connectivity index (χ3n) is 3.96. The predicted octanol–water partition coefficient (Wildman–Crippen LogP) is 2.57. The fourth-order valence-electron chi connectivity index (χ4n) is 2.67. The van der Waals surface area contributed by atoms with Gasteiger partial charge in [0.1, 0.15) is 0 Å². The lowest BCUT2D eigenvalue weighted by Gasteiger charge is -2.22. The minimum absolute atomic E-state index is 0. The van der Waals surface area contributed by atoms with Gasteiger partial charge in [-0.05, 0) is 24.4 Å². The van der Waals surface area contributed by atoms with Crippen molar-refractivity contribution in [2.24, 2.45) is 11.8 Å². The third kappa shape index (κ3) is 4.50. The van der Waals surface area contributed by atoms with Gasteiger partial charge in [-0.3, -0.25) is 4.79 Å². The number of halogens is 1. The SMILES string of the molecule is CC(C)C(CNC(=O)C1CCNC1)c1ccccc1.Cl. The van der Waals surface area contributed by atoms with Crippen LogP contribution >= 0.6 is 12.4 Å². The molecule has 2 rings (SSSR count). The number of benzene rings is 1. The summed E-state index contributed by atoms with van der Waals surface area (Å²) >= 11 is 0. The van der Waals surface area contributed by atoms with Crippen LogP contribution in [0.5, 0.6) is 0 Å². The van der Waals surface area contributed by atoms with Crippen LogP contribution < -0.4 is 10.6 Å². The van der Waals surface area contributed by atoms with E-state index < -0.39 is 0 Å². The molecule has 0 saturated carbocycles. The Balaban J connectivity index is 0.00000200. The number of hydrogen-bond donors (Lipinski definition) is 2. The summed E-state index contributed by atoms with van der Waals surface area (Å²) in [5.74, 6) is 1.26. The van der Waals surface area contributed by atoms with Crippen molar-refractivity contribution in [1.82, 2.24) is 10.6 Å². The van der Waals surface area contributed by atoms with Gasteiger partial charge in [-0.2, -0.15) is 0 Å². The summed E-state index contributed by atoms with van der Waals surface area (Å²) in [6.07, 6.45) is 0.962. The van der Waals surface area contributed by atoms with Crippen molar-refractivity contribution in [3.63, 3.8) is 0 Å². The Morgan fingerprint density at radius 1 is 1.35 bits per heavy atom. The van der Waals surface area contributed by atoms with Crippen molar-refractivity contribution in [2.45, 2.75) is 26.2 Å². The Kier molecular flexibility index (Phi) is 7.03. The average molecular weight is 297 g/mol. The topological polar surface area (TPSA) is 41.1 Å². The zero-order valence-electron chi connectivity index (χ0n) is 12.3. The highest BCUT2D eigenvalue weighted by Crippen LogP contribution is 2.23. The largest absolute Gasteiger partial charge is 0.355 e. The van der Waals surface area contributed by atoms with E-state index >= 15 is 0 Å². The Hall–Kier alpha value is -1.06. The van der Waals surface area contributed by atoms with Crippen molar-refractivity contribution in [3.05, 3.63) is 35.9 Å².